The first-order valence-corrected chi connectivity index (χ1v) is 15.3. The molecule has 0 bridgehead atoms. The van der Waals surface area contributed by atoms with Gasteiger partial charge in [-0.3, -0.25) is 9.59 Å². The molecule has 3 heterocycles. The fourth-order valence-electron chi connectivity index (χ4n) is 6.94. The summed E-state index contributed by atoms with van der Waals surface area (Å²) in [4.78, 5) is 31.4. The predicted octanol–water partition coefficient (Wildman–Crippen LogP) is 6.12. The number of piperidine rings is 3. The molecule has 0 aliphatic carbocycles. The minimum atomic E-state index is -5.13. The number of hydrogen-bond donors (Lipinski definition) is 1. The molecule has 2 aromatic carbocycles. The number of benzene rings is 2. The Morgan fingerprint density at radius 3 is 2.05 bits per heavy atom. The van der Waals surface area contributed by atoms with Gasteiger partial charge in [-0.1, -0.05) is 48.9 Å². The Hall–Kier alpha value is -2.78. The SMILES string of the molecule is CC1CCCN(C(=O)c2ccc(N3CCC(C4CCN(C(=O)C(O)(c5ccccc5)C(F)(F)F)CC4)CC3)cc2Cl)C1. The Morgan fingerprint density at radius 1 is 0.857 bits per heavy atom. The molecule has 0 aromatic heterocycles. The largest absolute Gasteiger partial charge is 0.430 e. The number of carbonyl (C=O) groups excluding carboxylic acids is 2. The van der Waals surface area contributed by atoms with E-state index in [4.69, 9.17) is 11.6 Å². The molecule has 10 heteroatoms. The van der Waals surface area contributed by atoms with Crippen LogP contribution in [0.25, 0.3) is 0 Å². The van der Waals surface area contributed by atoms with Gasteiger partial charge in [-0.05, 0) is 74.5 Å². The van der Waals surface area contributed by atoms with Gasteiger partial charge in [-0.2, -0.15) is 13.2 Å². The highest BCUT2D eigenvalue weighted by atomic mass is 35.5. The van der Waals surface area contributed by atoms with Crippen LogP contribution in [0, 0.1) is 17.8 Å². The van der Waals surface area contributed by atoms with Crippen LogP contribution < -0.4 is 4.90 Å². The number of anilines is 1. The minimum Gasteiger partial charge on any atom is -0.371 e. The summed E-state index contributed by atoms with van der Waals surface area (Å²) in [7, 11) is 0. The van der Waals surface area contributed by atoms with Crippen molar-refractivity contribution in [3.05, 3.63) is 64.7 Å². The number of aliphatic hydroxyl groups is 1. The number of hydrogen-bond acceptors (Lipinski definition) is 4. The maximum atomic E-state index is 14.0. The minimum absolute atomic E-state index is 0.0147. The van der Waals surface area contributed by atoms with Gasteiger partial charge in [-0.15, -0.1) is 0 Å². The number of carbonyl (C=O) groups is 2. The molecule has 2 unspecified atom stereocenters. The molecule has 0 radical (unpaired) electrons. The fraction of sp³-hybridized carbons (Fsp3) is 0.562. The van der Waals surface area contributed by atoms with Crippen LogP contribution in [0.5, 0.6) is 0 Å². The molecule has 3 aliphatic rings. The molecule has 3 fully saturated rings. The van der Waals surface area contributed by atoms with Gasteiger partial charge in [0, 0.05) is 50.5 Å². The Bertz CT molecular complexity index is 1260. The average molecular weight is 606 g/mol. The summed E-state index contributed by atoms with van der Waals surface area (Å²) in [6.45, 7) is 5.70. The van der Waals surface area contributed by atoms with Gasteiger partial charge in [-0.25, -0.2) is 0 Å². The van der Waals surface area contributed by atoms with E-state index in [1.807, 2.05) is 23.1 Å². The lowest BCUT2D eigenvalue weighted by Gasteiger charge is -2.42. The number of amides is 2. The number of halogens is 4. The monoisotopic (exact) mass is 605 g/mol. The lowest BCUT2D eigenvalue weighted by atomic mass is 9.78. The Kier molecular flexibility index (Phi) is 9.09. The molecule has 228 valence electrons. The summed E-state index contributed by atoms with van der Waals surface area (Å²) in [6, 6.07) is 12.3. The van der Waals surface area contributed by atoms with E-state index in [0.717, 1.165) is 69.7 Å². The van der Waals surface area contributed by atoms with E-state index in [-0.39, 0.29) is 19.0 Å². The zero-order valence-electron chi connectivity index (χ0n) is 24.0. The lowest BCUT2D eigenvalue weighted by Crippen LogP contribution is -2.57. The Labute approximate surface area is 250 Å². The third kappa shape index (κ3) is 6.13. The fourth-order valence-corrected chi connectivity index (χ4v) is 7.19. The van der Waals surface area contributed by atoms with Crippen LogP contribution in [-0.2, 0) is 10.4 Å². The molecule has 2 aromatic rings. The summed E-state index contributed by atoms with van der Waals surface area (Å²) in [6.07, 6.45) is 0.0945. The third-order valence-corrected chi connectivity index (χ3v) is 9.75. The second-order valence-corrected chi connectivity index (χ2v) is 12.6. The maximum absolute atomic E-state index is 14.0. The smallest absolute Gasteiger partial charge is 0.371 e. The van der Waals surface area contributed by atoms with Gasteiger partial charge in [0.05, 0.1) is 10.6 Å². The zero-order valence-corrected chi connectivity index (χ0v) is 24.7. The molecule has 0 spiro atoms. The quantitative estimate of drug-likeness (QED) is 0.446. The first-order valence-electron chi connectivity index (χ1n) is 15.0. The summed E-state index contributed by atoms with van der Waals surface area (Å²) in [5, 5.41) is 11.1. The van der Waals surface area contributed by atoms with Crippen molar-refractivity contribution in [1.29, 1.82) is 0 Å². The van der Waals surface area contributed by atoms with E-state index in [9.17, 15) is 27.9 Å². The number of rotatable bonds is 5. The van der Waals surface area contributed by atoms with E-state index < -0.39 is 23.2 Å². The Balaban J connectivity index is 1.15. The highest BCUT2D eigenvalue weighted by molar-refractivity contribution is 6.34. The van der Waals surface area contributed by atoms with Crippen molar-refractivity contribution in [2.24, 2.45) is 17.8 Å². The van der Waals surface area contributed by atoms with Crippen LogP contribution in [-0.4, -0.2) is 72.2 Å². The summed E-state index contributed by atoms with van der Waals surface area (Å²) in [5.41, 5.74) is -2.50. The van der Waals surface area contributed by atoms with Gasteiger partial charge in [0.1, 0.15) is 0 Å². The Morgan fingerprint density at radius 2 is 1.48 bits per heavy atom. The summed E-state index contributed by atoms with van der Waals surface area (Å²) >= 11 is 6.59. The third-order valence-electron chi connectivity index (χ3n) is 9.44. The van der Waals surface area contributed by atoms with Crippen molar-refractivity contribution < 1.29 is 27.9 Å². The van der Waals surface area contributed by atoms with Crippen molar-refractivity contribution in [3.63, 3.8) is 0 Å². The van der Waals surface area contributed by atoms with Crippen LogP contribution >= 0.6 is 11.6 Å². The molecule has 2 amide bonds. The van der Waals surface area contributed by atoms with Crippen molar-refractivity contribution >= 4 is 29.1 Å². The van der Waals surface area contributed by atoms with Crippen LogP contribution in [0.3, 0.4) is 0 Å². The molecular formula is C32H39ClF3N3O3. The van der Waals surface area contributed by atoms with Crippen LogP contribution in [0.4, 0.5) is 18.9 Å². The van der Waals surface area contributed by atoms with Crippen LogP contribution in [0.15, 0.2) is 48.5 Å². The van der Waals surface area contributed by atoms with Crippen molar-refractivity contribution in [2.75, 3.05) is 44.2 Å². The molecule has 42 heavy (non-hydrogen) atoms. The molecule has 1 N–H and O–H groups in total. The average Bonchev–Trinajstić information content (AvgIpc) is 3.00. The van der Waals surface area contributed by atoms with Gasteiger partial charge in [0.2, 0.25) is 0 Å². The highest BCUT2D eigenvalue weighted by Crippen LogP contribution is 2.42. The van der Waals surface area contributed by atoms with Gasteiger partial charge in [0.15, 0.2) is 0 Å². The molecular weight excluding hydrogens is 567 g/mol. The normalized spacial score (nSPS) is 22.6. The highest BCUT2D eigenvalue weighted by Gasteiger charge is 2.62. The number of likely N-dealkylation sites (tertiary alicyclic amines) is 2. The lowest BCUT2D eigenvalue weighted by molar-refractivity contribution is -0.262. The topological polar surface area (TPSA) is 64.1 Å². The van der Waals surface area contributed by atoms with E-state index >= 15 is 0 Å². The van der Waals surface area contributed by atoms with Crippen molar-refractivity contribution in [2.45, 2.75) is 57.2 Å². The van der Waals surface area contributed by atoms with Crippen molar-refractivity contribution in [3.8, 4) is 0 Å². The summed E-state index contributed by atoms with van der Waals surface area (Å²) < 4.78 is 42.0. The van der Waals surface area contributed by atoms with Crippen molar-refractivity contribution in [1.82, 2.24) is 9.80 Å². The second kappa shape index (κ2) is 12.4. The van der Waals surface area contributed by atoms with Gasteiger partial charge < -0.3 is 19.8 Å². The molecule has 3 saturated heterocycles. The van der Waals surface area contributed by atoms with E-state index in [2.05, 4.69) is 11.8 Å². The molecule has 0 saturated carbocycles. The second-order valence-electron chi connectivity index (χ2n) is 12.2. The molecule has 6 nitrogen and oxygen atoms in total. The van der Waals surface area contributed by atoms with Crippen LogP contribution in [0.1, 0.15) is 61.4 Å². The number of nitrogens with zero attached hydrogens (tertiary/aromatic N) is 3. The molecule has 2 atom stereocenters. The van der Waals surface area contributed by atoms with Gasteiger partial charge >= 0.3 is 6.18 Å². The number of alkyl halides is 3. The molecule has 5 rings (SSSR count). The first-order chi connectivity index (χ1) is 20.0. The first kappa shape index (κ1) is 30.7. The van der Waals surface area contributed by atoms with E-state index in [0.29, 0.717) is 41.2 Å². The standard InChI is InChI=1S/C32H39ClF3N3O3/c1-22-6-5-15-39(21-22)29(40)27-10-9-26(20-28(27)33)37-16-11-23(12-17-37)24-13-18-38(19-14-24)30(41)31(42,32(34,35)36)25-7-3-2-4-8-25/h2-4,7-10,20,22-24,42H,5-6,11-19,21H2,1H3. The summed E-state index contributed by atoms with van der Waals surface area (Å²) in [5.74, 6) is -0.108. The van der Waals surface area contributed by atoms with Crippen LogP contribution in [0.2, 0.25) is 5.02 Å². The zero-order chi connectivity index (χ0) is 30.1. The molecule has 3 aliphatic heterocycles. The van der Waals surface area contributed by atoms with E-state index in [1.165, 1.54) is 17.0 Å². The predicted molar refractivity (Wildman–Crippen MR) is 156 cm³/mol. The maximum Gasteiger partial charge on any atom is 0.430 e. The van der Waals surface area contributed by atoms with Gasteiger partial charge in [0.25, 0.3) is 17.4 Å². The van der Waals surface area contributed by atoms with E-state index in [1.54, 1.807) is 6.07 Å².